The normalized spacial score (nSPS) is 30.6. The number of piperidine rings is 1. The lowest BCUT2D eigenvalue weighted by atomic mass is 9.94. The molecule has 5 nitrogen and oxygen atoms in total. The lowest BCUT2D eigenvalue weighted by molar-refractivity contribution is -0.149. The maximum atomic E-state index is 12.3. The zero-order valence-corrected chi connectivity index (χ0v) is 12.2. The smallest absolute Gasteiger partial charge is 0.245 e. The fourth-order valence-electron chi connectivity index (χ4n) is 3.06. The molecule has 2 aliphatic heterocycles. The summed E-state index contributed by atoms with van der Waals surface area (Å²) >= 11 is 0. The molecule has 0 spiro atoms. The van der Waals surface area contributed by atoms with Crippen LogP contribution in [-0.2, 0) is 9.59 Å². The number of carbonyl (C=O) groups is 2. The van der Waals surface area contributed by atoms with Crippen LogP contribution in [0.25, 0.3) is 0 Å². The van der Waals surface area contributed by atoms with E-state index in [-0.39, 0.29) is 23.9 Å². The molecule has 0 aromatic rings. The highest BCUT2D eigenvalue weighted by Crippen LogP contribution is 2.21. The van der Waals surface area contributed by atoms with E-state index in [0.717, 1.165) is 32.5 Å². The van der Waals surface area contributed by atoms with Gasteiger partial charge >= 0.3 is 0 Å². The summed E-state index contributed by atoms with van der Waals surface area (Å²) < 4.78 is 0. The predicted molar refractivity (Wildman–Crippen MR) is 73.6 cm³/mol. The molecule has 2 heterocycles. The second-order valence-corrected chi connectivity index (χ2v) is 5.89. The number of rotatable bonds is 3. The number of piperazine rings is 1. The van der Waals surface area contributed by atoms with E-state index in [1.807, 2.05) is 11.8 Å². The van der Waals surface area contributed by atoms with Crippen LogP contribution in [0.15, 0.2) is 0 Å². The molecular weight excluding hydrogens is 242 g/mol. The van der Waals surface area contributed by atoms with E-state index in [0.29, 0.717) is 12.3 Å². The summed E-state index contributed by atoms with van der Waals surface area (Å²) in [7, 11) is 2.13. The van der Waals surface area contributed by atoms with Crippen molar-refractivity contribution in [3.8, 4) is 0 Å². The Bertz CT molecular complexity index is 351. The molecule has 2 saturated heterocycles. The largest absolute Gasteiger partial charge is 0.343 e. The topological polar surface area (TPSA) is 52.7 Å². The number of nitrogens with one attached hydrogen (secondary N) is 1. The second kappa shape index (κ2) is 5.90. The molecule has 2 unspecified atom stereocenters. The number of amides is 2. The van der Waals surface area contributed by atoms with Crippen molar-refractivity contribution in [1.82, 2.24) is 15.1 Å². The SMILES string of the molecule is CCC1C(=O)NC(C)C(=O)N1CC1CCN(C)CC1. The Kier molecular flexibility index (Phi) is 4.45. The van der Waals surface area contributed by atoms with Crippen LogP contribution in [0.1, 0.15) is 33.1 Å². The van der Waals surface area contributed by atoms with Crippen molar-refractivity contribution in [2.45, 2.75) is 45.2 Å². The van der Waals surface area contributed by atoms with Gasteiger partial charge in [-0.25, -0.2) is 0 Å². The van der Waals surface area contributed by atoms with E-state index in [1.165, 1.54) is 0 Å². The monoisotopic (exact) mass is 267 g/mol. The summed E-state index contributed by atoms with van der Waals surface area (Å²) in [5.41, 5.74) is 0. The van der Waals surface area contributed by atoms with Crippen molar-refractivity contribution < 1.29 is 9.59 Å². The lowest BCUT2D eigenvalue weighted by Crippen LogP contribution is -2.63. The van der Waals surface area contributed by atoms with Gasteiger partial charge in [0.15, 0.2) is 0 Å². The van der Waals surface area contributed by atoms with Gasteiger partial charge in [-0.1, -0.05) is 6.92 Å². The van der Waals surface area contributed by atoms with E-state index in [9.17, 15) is 9.59 Å². The molecule has 2 atom stereocenters. The Hall–Kier alpha value is -1.10. The van der Waals surface area contributed by atoms with Gasteiger partial charge < -0.3 is 15.1 Å². The molecule has 0 radical (unpaired) electrons. The maximum Gasteiger partial charge on any atom is 0.245 e. The molecule has 0 aromatic carbocycles. The van der Waals surface area contributed by atoms with E-state index in [4.69, 9.17) is 0 Å². The van der Waals surface area contributed by atoms with Gasteiger partial charge in [0.2, 0.25) is 11.8 Å². The maximum absolute atomic E-state index is 12.3. The fourth-order valence-corrected chi connectivity index (χ4v) is 3.06. The summed E-state index contributed by atoms with van der Waals surface area (Å²) in [5, 5.41) is 2.77. The van der Waals surface area contributed by atoms with Crippen molar-refractivity contribution in [2.24, 2.45) is 5.92 Å². The van der Waals surface area contributed by atoms with Gasteiger partial charge in [-0.3, -0.25) is 9.59 Å². The molecule has 0 bridgehead atoms. The first-order valence-corrected chi connectivity index (χ1v) is 7.32. The summed E-state index contributed by atoms with van der Waals surface area (Å²) in [6.07, 6.45) is 2.93. The van der Waals surface area contributed by atoms with Crippen LogP contribution in [0.2, 0.25) is 0 Å². The van der Waals surface area contributed by atoms with Crippen LogP contribution in [0.4, 0.5) is 0 Å². The van der Waals surface area contributed by atoms with Gasteiger partial charge in [0.1, 0.15) is 12.1 Å². The highest BCUT2D eigenvalue weighted by Gasteiger charge is 2.38. The van der Waals surface area contributed by atoms with Gasteiger partial charge in [-0.2, -0.15) is 0 Å². The first-order valence-electron chi connectivity index (χ1n) is 7.32. The Morgan fingerprint density at radius 2 is 1.89 bits per heavy atom. The minimum atomic E-state index is -0.374. The minimum Gasteiger partial charge on any atom is -0.343 e. The average Bonchev–Trinajstić information content (AvgIpc) is 2.38. The zero-order valence-electron chi connectivity index (χ0n) is 12.2. The third-order valence-corrected chi connectivity index (χ3v) is 4.37. The van der Waals surface area contributed by atoms with Gasteiger partial charge in [0.25, 0.3) is 0 Å². The minimum absolute atomic E-state index is 0.00234. The quantitative estimate of drug-likeness (QED) is 0.808. The van der Waals surface area contributed by atoms with E-state index in [1.54, 1.807) is 6.92 Å². The van der Waals surface area contributed by atoms with E-state index in [2.05, 4.69) is 17.3 Å². The molecular formula is C14H25N3O2. The molecule has 2 amide bonds. The fraction of sp³-hybridized carbons (Fsp3) is 0.857. The van der Waals surface area contributed by atoms with Crippen molar-refractivity contribution in [2.75, 3.05) is 26.7 Å². The zero-order chi connectivity index (χ0) is 14.0. The molecule has 0 aromatic heterocycles. The number of carbonyl (C=O) groups excluding carboxylic acids is 2. The number of hydrogen-bond acceptors (Lipinski definition) is 3. The molecule has 108 valence electrons. The summed E-state index contributed by atoms with van der Waals surface area (Å²) in [6.45, 7) is 6.66. The average molecular weight is 267 g/mol. The van der Waals surface area contributed by atoms with Crippen molar-refractivity contribution in [3.63, 3.8) is 0 Å². The Morgan fingerprint density at radius 1 is 1.26 bits per heavy atom. The molecule has 2 rings (SSSR count). The van der Waals surface area contributed by atoms with Gasteiger partial charge in [0, 0.05) is 6.54 Å². The number of hydrogen-bond donors (Lipinski definition) is 1. The Morgan fingerprint density at radius 3 is 2.47 bits per heavy atom. The van der Waals surface area contributed by atoms with Gasteiger partial charge in [-0.15, -0.1) is 0 Å². The summed E-state index contributed by atoms with van der Waals surface area (Å²) in [4.78, 5) is 28.4. The van der Waals surface area contributed by atoms with Gasteiger partial charge in [0.05, 0.1) is 0 Å². The Labute approximate surface area is 115 Å². The molecule has 1 N–H and O–H groups in total. The third-order valence-electron chi connectivity index (χ3n) is 4.37. The number of nitrogens with zero attached hydrogens (tertiary/aromatic N) is 2. The lowest BCUT2D eigenvalue weighted by Gasteiger charge is -2.40. The molecule has 0 saturated carbocycles. The van der Waals surface area contributed by atoms with Crippen molar-refractivity contribution in [1.29, 1.82) is 0 Å². The molecule has 2 aliphatic rings. The van der Waals surface area contributed by atoms with Crippen molar-refractivity contribution >= 4 is 11.8 Å². The molecule has 19 heavy (non-hydrogen) atoms. The predicted octanol–water partition coefficient (Wildman–Crippen LogP) is 0.454. The second-order valence-electron chi connectivity index (χ2n) is 5.89. The highest BCUT2D eigenvalue weighted by atomic mass is 16.2. The van der Waals surface area contributed by atoms with Crippen LogP contribution in [0.5, 0.6) is 0 Å². The summed E-state index contributed by atoms with van der Waals surface area (Å²) in [6, 6.07) is -0.648. The standard InChI is InChI=1S/C14H25N3O2/c1-4-12-13(18)15-10(2)14(19)17(12)9-11-5-7-16(3)8-6-11/h10-12H,4-9H2,1-3H3,(H,15,18). The van der Waals surface area contributed by atoms with Crippen LogP contribution in [-0.4, -0.2) is 60.4 Å². The first kappa shape index (κ1) is 14.3. The van der Waals surface area contributed by atoms with Crippen molar-refractivity contribution in [3.05, 3.63) is 0 Å². The van der Waals surface area contributed by atoms with Crippen LogP contribution >= 0.6 is 0 Å². The summed E-state index contributed by atoms with van der Waals surface area (Å²) in [5.74, 6) is 0.611. The Balaban J connectivity index is 2.02. The third kappa shape index (κ3) is 3.08. The van der Waals surface area contributed by atoms with E-state index < -0.39 is 0 Å². The first-order chi connectivity index (χ1) is 9.02. The highest BCUT2D eigenvalue weighted by molar-refractivity contribution is 5.96. The van der Waals surface area contributed by atoms with Gasteiger partial charge in [-0.05, 0) is 52.2 Å². The van der Waals surface area contributed by atoms with Crippen LogP contribution < -0.4 is 5.32 Å². The van der Waals surface area contributed by atoms with Crippen LogP contribution in [0, 0.1) is 5.92 Å². The molecule has 0 aliphatic carbocycles. The number of likely N-dealkylation sites (tertiary alicyclic amines) is 1. The molecule has 5 heteroatoms. The van der Waals surface area contributed by atoms with E-state index >= 15 is 0 Å². The van der Waals surface area contributed by atoms with Crippen LogP contribution in [0.3, 0.4) is 0 Å². The molecule has 2 fully saturated rings.